The van der Waals surface area contributed by atoms with Crippen molar-refractivity contribution < 1.29 is 9.53 Å². The molecule has 2 aliphatic heterocycles. The Kier molecular flexibility index (Phi) is 2.04. The number of amides is 1. The number of rotatable bonds is 1. The third kappa shape index (κ3) is 1.34. The average Bonchev–Trinajstić information content (AvgIpc) is 2.07. The van der Waals surface area contributed by atoms with E-state index in [1.165, 1.54) is 0 Å². The van der Waals surface area contributed by atoms with E-state index in [4.69, 9.17) is 4.74 Å². The van der Waals surface area contributed by atoms with Crippen LogP contribution in [0.4, 0.5) is 0 Å². The highest BCUT2D eigenvalue weighted by Gasteiger charge is 2.46. The van der Waals surface area contributed by atoms with E-state index >= 15 is 0 Å². The van der Waals surface area contributed by atoms with Crippen molar-refractivity contribution in [2.45, 2.75) is 25.6 Å². The molecule has 74 valence electrons. The molecule has 2 heterocycles. The van der Waals surface area contributed by atoms with Crippen LogP contribution in [0.5, 0.6) is 0 Å². The summed E-state index contributed by atoms with van der Waals surface area (Å²) in [6.07, 6.45) is -0.268. The van der Waals surface area contributed by atoms with Gasteiger partial charge in [0.25, 0.3) is 5.91 Å². The number of morpholine rings is 1. The smallest absolute Gasteiger partial charge is 0.251 e. The van der Waals surface area contributed by atoms with Gasteiger partial charge in [-0.25, -0.2) is 0 Å². The first-order chi connectivity index (χ1) is 6.17. The van der Waals surface area contributed by atoms with Crippen LogP contribution in [0, 0.1) is 0 Å². The number of hydrogen-bond acceptors (Lipinski definition) is 3. The number of carbonyl (C=O) groups excluding carboxylic acids is 1. The Morgan fingerprint density at radius 3 is 2.85 bits per heavy atom. The molecule has 2 aliphatic rings. The van der Waals surface area contributed by atoms with Gasteiger partial charge in [0.05, 0.1) is 6.54 Å². The molecule has 1 atom stereocenters. The summed E-state index contributed by atoms with van der Waals surface area (Å²) in [5, 5.41) is 3.19. The van der Waals surface area contributed by atoms with Gasteiger partial charge in [0, 0.05) is 19.6 Å². The second kappa shape index (κ2) is 2.96. The summed E-state index contributed by atoms with van der Waals surface area (Å²) in [6.45, 7) is 7.14. The first kappa shape index (κ1) is 8.97. The normalized spacial score (nSPS) is 32.0. The molecule has 0 bridgehead atoms. The molecule has 0 aromatic heterocycles. The van der Waals surface area contributed by atoms with Crippen molar-refractivity contribution >= 4 is 5.91 Å². The lowest BCUT2D eigenvalue weighted by molar-refractivity contribution is -0.189. The molecule has 2 rings (SSSR count). The number of nitrogens with zero attached hydrogens (tertiary/aromatic N) is 1. The first-order valence-corrected chi connectivity index (χ1v) is 4.84. The molecule has 2 fully saturated rings. The van der Waals surface area contributed by atoms with Crippen molar-refractivity contribution in [3.63, 3.8) is 0 Å². The van der Waals surface area contributed by atoms with Crippen LogP contribution in [0.2, 0.25) is 0 Å². The topological polar surface area (TPSA) is 41.6 Å². The SMILES string of the molecule is CCN1CC2(CNC2)O[C@@H](C)C1=O. The van der Waals surface area contributed by atoms with Crippen molar-refractivity contribution in [1.82, 2.24) is 10.2 Å². The maximum Gasteiger partial charge on any atom is 0.251 e. The number of carbonyl (C=O) groups is 1. The minimum absolute atomic E-state index is 0.0800. The molecule has 1 spiro atoms. The molecule has 0 radical (unpaired) electrons. The Bertz CT molecular complexity index is 226. The Morgan fingerprint density at radius 2 is 2.38 bits per heavy atom. The lowest BCUT2D eigenvalue weighted by Gasteiger charge is -2.50. The highest BCUT2D eigenvalue weighted by Crippen LogP contribution is 2.25. The number of ether oxygens (including phenoxy) is 1. The zero-order valence-corrected chi connectivity index (χ0v) is 8.17. The monoisotopic (exact) mass is 184 g/mol. The molecule has 0 saturated carbocycles. The van der Waals surface area contributed by atoms with Gasteiger partial charge in [0.2, 0.25) is 0 Å². The van der Waals surface area contributed by atoms with E-state index in [1.54, 1.807) is 0 Å². The highest BCUT2D eigenvalue weighted by atomic mass is 16.5. The Morgan fingerprint density at radius 1 is 1.69 bits per heavy atom. The second-order valence-electron chi connectivity index (χ2n) is 3.90. The van der Waals surface area contributed by atoms with E-state index in [1.807, 2.05) is 18.7 Å². The minimum atomic E-state index is -0.268. The van der Waals surface area contributed by atoms with Crippen LogP contribution in [-0.4, -0.2) is 48.7 Å². The fraction of sp³-hybridized carbons (Fsp3) is 0.889. The highest BCUT2D eigenvalue weighted by molar-refractivity contribution is 5.81. The zero-order chi connectivity index (χ0) is 9.47. The summed E-state index contributed by atoms with van der Waals surface area (Å²) in [7, 11) is 0. The van der Waals surface area contributed by atoms with Gasteiger partial charge in [-0.1, -0.05) is 0 Å². The number of hydrogen-bond donors (Lipinski definition) is 1. The van der Waals surface area contributed by atoms with Gasteiger partial charge in [-0.3, -0.25) is 4.79 Å². The van der Waals surface area contributed by atoms with Crippen molar-refractivity contribution in [3.8, 4) is 0 Å². The van der Waals surface area contributed by atoms with E-state index < -0.39 is 0 Å². The van der Waals surface area contributed by atoms with Crippen LogP contribution in [0.3, 0.4) is 0 Å². The molecule has 4 nitrogen and oxygen atoms in total. The predicted octanol–water partition coefficient (Wildman–Crippen LogP) is -0.404. The molecule has 0 aromatic rings. The largest absolute Gasteiger partial charge is 0.358 e. The lowest BCUT2D eigenvalue weighted by atomic mass is 9.93. The van der Waals surface area contributed by atoms with Gasteiger partial charge in [0.15, 0.2) is 0 Å². The van der Waals surface area contributed by atoms with Gasteiger partial charge in [0.1, 0.15) is 11.7 Å². The fourth-order valence-corrected chi connectivity index (χ4v) is 2.01. The number of nitrogens with one attached hydrogen (secondary N) is 1. The minimum Gasteiger partial charge on any atom is -0.358 e. The third-order valence-corrected chi connectivity index (χ3v) is 2.84. The fourth-order valence-electron chi connectivity index (χ4n) is 2.01. The van der Waals surface area contributed by atoms with E-state index in [-0.39, 0.29) is 17.6 Å². The van der Waals surface area contributed by atoms with Crippen LogP contribution in [0.25, 0.3) is 0 Å². The molecular formula is C9H16N2O2. The molecule has 1 N–H and O–H groups in total. The molecule has 1 amide bonds. The Labute approximate surface area is 78.2 Å². The third-order valence-electron chi connectivity index (χ3n) is 2.84. The van der Waals surface area contributed by atoms with Crippen LogP contribution in [0.1, 0.15) is 13.8 Å². The summed E-state index contributed by atoms with van der Waals surface area (Å²) in [5.74, 6) is 0.125. The van der Waals surface area contributed by atoms with Crippen LogP contribution >= 0.6 is 0 Å². The average molecular weight is 184 g/mol. The van der Waals surface area contributed by atoms with Gasteiger partial charge in [-0.15, -0.1) is 0 Å². The molecular weight excluding hydrogens is 168 g/mol. The Hall–Kier alpha value is -0.610. The van der Waals surface area contributed by atoms with Gasteiger partial charge in [-0.05, 0) is 13.8 Å². The first-order valence-electron chi connectivity index (χ1n) is 4.84. The van der Waals surface area contributed by atoms with Gasteiger partial charge >= 0.3 is 0 Å². The Balaban J connectivity index is 2.09. The second-order valence-corrected chi connectivity index (χ2v) is 3.90. The molecule has 0 unspecified atom stereocenters. The lowest BCUT2D eigenvalue weighted by Crippen LogP contribution is -2.71. The standard InChI is InChI=1S/C9H16N2O2/c1-3-11-6-9(4-10-5-9)13-7(2)8(11)12/h7,10H,3-6H2,1-2H3/t7-/m0/s1. The van der Waals surface area contributed by atoms with Crippen LogP contribution in [0.15, 0.2) is 0 Å². The molecule has 13 heavy (non-hydrogen) atoms. The summed E-state index contributed by atoms with van der Waals surface area (Å²) in [5.41, 5.74) is -0.0800. The van der Waals surface area contributed by atoms with Gasteiger partial charge in [-0.2, -0.15) is 0 Å². The van der Waals surface area contributed by atoms with E-state index in [9.17, 15) is 4.79 Å². The summed E-state index contributed by atoms with van der Waals surface area (Å²) in [6, 6.07) is 0. The summed E-state index contributed by atoms with van der Waals surface area (Å²) >= 11 is 0. The molecule has 0 aromatic carbocycles. The van der Waals surface area contributed by atoms with Crippen LogP contribution < -0.4 is 5.32 Å². The van der Waals surface area contributed by atoms with Gasteiger partial charge < -0.3 is 15.0 Å². The maximum absolute atomic E-state index is 11.6. The summed E-state index contributed by atoms with van der Waals surface area (Å²) in [4.78, 5) is 13.4. The van der Waals surface area contributed by atoms with Crippen molar-refractivity contribution in [2.24, 2.45) is 0 Å². The van der Waals surface area contributed by atoms with E-state index in [2.05, 4.69) is 5.32 Å². The quantitative estimate of drug-likeness (QED) is 0.602. The summed E-state index contributed by atoms with van der Waals surface area (Å²) < 4.78 is 5.70. The molecule has 0 aliphatic carbocycles. The van der Waals surface area contributed by atoms with E-state index in [0.717, 1.165) is 26.2 Å². The van der Waals surface area contributed by atoms with Crippen molar-refractivity contribution in [3.05, 3.63) is 0 Å². The van der Waals surface area contributed by atoms with Crippen molar-refractivity contribution in [1.29, 1.82) is 0 Å². The van der Waals surface area contributed by atoms with Crippen LogP contribution in [-0.2, 0) is 9.53 Å². The maximum atomic E-state index is 11.6. The predicted molar refractivity (Wildman–Crippen MR) is 48.4 cm³/mol. The zero-order valence-electron chi connectivity index (χ0n) is 8.17. The number of likely N-dealkylation sites (N-methyl/N-ethyl adjacent to an activating group) is 1. The van der Waals surface area contributed by atoms with E-state index in [0.29, 0.717) is 0 Å². The molecule has 4 heteroatoms. The van der Waals surface area contributed by atoms with Crippen molar-refractivity contribution in [2.75, 3.05) is 26.2 Å². The molecule has 2 saturated heterocycles.